The van der Waals surface area contributed by atoms with Crippen molar-refractivity contribution in [1.29, 1.82) is 0 Å². The van der Waals surface area contributed by atoms with Gasteiger partial charge in [-0.05, 0) is 44.3 Å². The maximum Gasteiger partial charge on any atom is 0.494 e. The molecule has 4 rings (SSSR count). The summed E-state index contributed by atoms with van der Waals surface area (Å²) < 4.78 is 18.3. The molecule has 0 spiro atoms. The number of hydrogen-bond acceptors (Lipinski definition) is 4. The molecule has 2 aromatic carbocycles. The number of ether oxygens (including phenoxy) is 1. The van der Waals surface area contributed by atoms with Crippen molar-refractivity contribution < 1.29 is 14.0 Å². The van der Waals surface area contributed by atoms with E-state index in [1.165, 1.54) is 11.1 Å². The average Bonchev–Trinajstić information content (AvgIpc) is 2.91. The van der Waals surface area contributed by atoms with Crippen LogP contribution in [0.1, 0.15) is 44.9 Å². The molecule has 0 amide bonds. The molecule has 5 heteroatoms. The molecule has 2 aliphatic rings. The normalized spacial score (nSPS) is 24.4. The van der Waals surface area contributed by atoms with E-state index in [1.54, 1.807) is 0 Å². The average molecular weight is 379 g/mol. The van der Waals surface area contributed by atoms with E-state index in [9.17, 15) is 0 Å². The second kappa shape index (κ2) is 7.64. The number of benzene rings is 2. The van der Waals surface area contributed by atoms with Crippen molar-refractivity contribution in [2.24, 2.45) is 0 Å². The summed E-state index contributed by atoms with van der Waals surface area (Å²) in [6.45, 7) is 11.9. The molecule has 4 nitrogen and oxygen atoms in total. The molecule has 0 aromatic heterocycles. The lowest BCUT2D eigenvalue weighted by atomic mass is 9.79. The smallest absolute Gasteiger partial charge is 0.399 e. The van der Waals surface area contributed by atoms with Gasteiger partial charge in [-0.25, -0.2) is 0 Å². The number of morpholine rings is 1. The maximum atomic E-state index is 6.15. The molecule has 0 radical (unpaired) electrons. The van der Waals surface area contributed by atoms with E-state index >= 15 is 0 Å². The molecule has 0 N–H and O–H groups in total. The number of nitrogens with zero attached hydrogens (tertiary/aromatic N) is 1. The third-order valence-electron chi connectivity index (χ3n) is 6.23. The first-order chi connectivity index (χ1) is 13.3. The maximum absolute atomic E-state index is 6.15. The quantitative estimate of drug-likeness (QED) is 0.761. The fourth-order valence-corrected chi connectivity index (χ4v) is 3.73. The van der Waals surface area contributed by atoms with Crippen molar-refractivity contribution >= 4 is 12.6 Å². The SMILES string of the molecule is CC1(C)OB(c2ccc(CN3CCOC(c4ccccc4)C3)cc2)OC1(C)C. The van der Waals surface area contributed by atoms with Crippen LogP contribution >= 0.6 is 0 Å². The summed E-state index contributed by atoms with van der Waals surface area (Å²) in [6, 6.07) is 19.1. The Hall–Kier alpha value is -1.66. The molecule has 2 fully saturated rings. The van der Waals surface area contributed by atoms with Crippen LogP contribution in [0.15, 0.2) is 54.6 Å². The Morgan fingerprint density at radius 2 is 1.57 bits per heavy atom. The van der Waals surface area contributed by atoms with Gasteiger partial charge in [0.2, 0.25) is 0 Å². The van der Waals surface area contributed by atoms with Crippen LogP contribution < -0.4 is 5.46 Å². The Bertz CT molecular complexity index is 775. The summed E-state index contributed by atoms with van der Waals surface area (Å²) in [5, 5.41) is 0. The van der Waals surface area contributed by atoms with Crippen molar-refractivity contribution in [2.45, 2.75) is 51.5 Å². The molecular formula is C23H30BNO3. The van der Waals surface area contributed by atoms with Crippen LogP contribution in [0.25, 0.3) is 0 Å². The van der Waals surface area contributed by atoms with Gasteiger partial charge in [-0.15, -0.1) is 0 Å². The fraction of sp³-hybridized carbons (Fsp3) is 0.478. The largest absolute Gasteiger partial charge is 0.494 e. The van der Waals surface area contributed by atoms with Gasteiger partial charge in [-0.2, -0.15) is 0 Å². The van der Waals surface area contributed by atoms with Crippen LogP contribution in [0, 0.1) is 0 Å². The highest BCUT2D eigenvalue weighted by Crippen LogP contribution is 2.36. The minimum Gasteiger partial charge on any atom is -0.399 e. The zero-order valence-electron chi connectivity index (χ0n) is 17.4. The first-order valence-corrected chi connectivity index (χ1v) is 10.2. The van der Waals surface area contributed by atoms with Crippen molar-refractivity contribution in [3.05, 3.63) is 65.7 Å². The zero-order chi connectivity index (χ0) is 19.8. The van der Waals surface area contributed by atoms with Crippen molar-refractivity contribution in [2.75, 3.05) is 19.7 Å². The zero-order valence-corrected chi connectivity index (χ0v) is 17.4. The molecular weight excluding hydrogens is 349 g/mol. The van der Waals surface area contributed by atoms with Gasteiger partial charge >= 0.3 is 7.12 Å². The van der Waals surface area contributed by atoms with E-state index in [1.807, 2.05) is 6.07 Å². The van der Waals surface area contributed by atoms with E-state index in [0.29, 0.717) is 0 Å². The molecule has 2 aromatic rings. The molecule has 2 saturated heterocycles. The van der Waals surface area contributed by atoms with Crippen molar-refractivity contribution in [3.63, 3.8) is 0 Å². The van der Waals surface area contributed by atoms with Gasteiger partial charge < -0.3 is 14.0 Å². The Labute approximate surface area is 168 Å². The van der Waals surface area contributed by atoms with Crippen LogP contribution in [0.3, 0.4) is 0 Å². The summed E-state index contributed by atoms with van der Waals surface area (Å²) in [7, 11) is -0.301. The topological polar surface area (TPSA) is 30.9 Å². The van der Waals surface area contributed by atoms with Gasteiger partial charge in [-0.3, -0.25) is 4.90 Å². The molecule has 0 saturated carbocycles. The van der Waals surface area contributed by atoms with Crippen LogP contribution in [0.4, 0.5) is 0 Å². The van der Waals surface area contributed by atoms with Crippen molar-refractivity contribution in [3.8, 4) is 0 Å². The molecule has 28 heavy (non-hydrogen) atoms. The second-order valence-corrected chi connectivity index (χ2v) is 8.84. The third-order valence-corrected chi connectivity index (χ3v) is 6.23. The van der Waals surface area contributed by atoms with Crippen molar-refractivity contribution in [1.82, 2.24) is 4.90 Å². The summed E-state index contributed by atoms with van der Waals surface area (Å²) in [5.74, 6) is 0. The lowest BCUT2D eigenvalue weighted by molar-refractivity contribution is -0.0329. The standard InChI is InChI=1S/C23H30BNO3/c1-22(2)23(3,4)28-24(27-22)20-12-10-18(11-13-20)16-25-14-15-26-21(17-25)19-8-6-5-7-9-19/h5-13,21H,14-17H2,1-4H3. The third kappa shape index (κ3) is 4.03. The molecule has 0 bridgehead atoms. The lowest BCUT2D eigenvalue weighted by Crippen LogP contribution is -2.41. The highest BCUT2D eigenvalue weighted by atomic mass is 16.7. The fourth-order valence-electron chi connectivity index (χ4n) is 3.73. The summed E-state index contributed by atoms with van der Waals surface area (Å²) in [6.07, 6.45) is 0.152. The Kier molecular flexibility index (Phi) is 5.36. The van der Waals surface area contributed by atoms with E-state index in [-0.39, 0.29) is 24.4 Å². The Balaban J connectivity index is 1.38. The van der Waals surface area contributed by atoms with E-state index in [0.717, 1.165) is 31.7 Å². The van der Waals surface area contributed by atoms with Gasteiger partial charge in [0.25, 0.3) is 0 Å². The monoisotopic (exact) mass is 379 g/mol. The summed E-state index contributed by atoms with van der Waals surface area (Å²) >= 11 is 0. The molecule has 0 aliphatic carbocycles. The first kappa shape index (κ1) is 19.7. The van der Waals surface area contributed by atoms with E-state index in [4.69, 9.17) is 14.0 Å². The van der Waals surface area contributed by atoms with E-state index in [2.05, 4.69) is 81.1 Å². The number of rotatable bonds is 4. The van der Waals surface area contributed by atoms with E-state index < -0.39 is 0 Å². The molecule has 148 valence electrons. The minimum absolute atomic E-state index is 0.152. The first-order valence-electron chi connectivity index (χ1n) is 10.2. The molecule has 2 aliphatic heterocycles. The molecule has 1 unspecified atom stereocenters. The van der Waals surface area contributed by atoms with Gasteiger partial charge in [0.05, 0.1) is 23.9 Å². The van der Waals surface area contributed by atoms with Crippen LogP contribution in [-0.2, 0) is 20.6 Å². The minimum atomic E-state index is -0.309. The van der Waals surface area contributed by atoms with Gasteiger partial charge in [0.15, 0.2) is 0 Å². The molecule has 2 heterocycles. The van der Waals surface area contributed by atoms with Crippen LogP contribution in [0.2, 0.25) is 0 Å². The van der Waals surface area contributed by atoms with Crippen LogP contribution in [0.5, 0.6) is 0 Å². The Morgan fingerprint density at radius 1 is 0.929 bits per heavy atom. The summed E-state index contributed by atoms with van der Waals surface area (Å²) in [4.78, 5) is 2.46. The predicted octanol–water partition coefficient (Wildman–Crippen LogP) is 3.56. The highest BCUT2D eigenvalue weighted by Gasteiger charge is 2.51. The predicted molar refractivity (Wildman–Crippen MR) is 113 cm³/mol. The van der Waals surface area contributed by atoms with Gasteiger partial charge in [-0.1, -0.05) is 54.6 Å². The Morgan fingerprint density at radius 3 is 2.21 bits per heavy atom. The van der Waals surface area contributed by atoms with Gasteiger partial charge in [0.1, 0.15) is 0 Å². The van der Waals surface area contributed by atoms with Gasteiger partial charge in [0, 0.05) is 19.6 Å². The summed E-state index contributed by atoms with van der Waals surface area (Å²) in [5.41, 5.74) is 3.01. The lowest BCUT2D eigenvalue weighted by Gasteiger charge is -2.33. The number of hydrogen-bond donors (Lipinski definition) is 0. The second-order valence-electron chi connectivity index (χ2n) is 8.84. The highest BCUT2D eigenvalue weighted by molar-refractivity contribution is 6.62. The molecule has 1 atom stereocenters. The van der Waals surface area contributed by atoms with Crippen LogP contribution in [-0.4, -0.2) is 42.9 Å².